The Balaban J connectivity index is 2.55. The van der Waals surface area contributed by atoms with E-state index in [-0.39, 0.29) is 19.1 Å². The molecule has 6 nitrogen and oxygen atoms in total. The molecule has 0 aliphatic carbocycles. The number of nitrogens with one attached hydrogen (secondary N) is 1. The largest absolute Gasteiger partial charge is 0.460 e. The van der Waals surface area contributed by atoms with Crippen molar-refractivity contribution in [3.05, 3.63) is 23.9 Å². The summed E-state index contributed by atoms with van der Waals surface area (Å²) in [6.45, 7) is 9.50. The van der Waals surface area contributed by atoms with Crippen LogP contribution < -0.4 is 5.32 Å². The van der Waals surface area contributed by atoms with Crippen LogP contribution in [0.25, 0.3) is 0 Å². The lowest BCUT2D eigenvalue weighted by Gasteiger charge is -2.20. The summed E-state index contributed by atoms with van der Waals surface area (Å²) in [5.74, 6) is -0.654. The lowest BCUT2D eigenvalue weighted by Crippen LogP contribution is -2.44. The Morgan fingerprint density at radius 3 is 2.68 bits per heavy atom. The molecule has 6 heteroatoms. The highest BCUT2D eigenvalue weighted by Gasteiger charge is 2.39. The summed E-state index contributed by atoms with van der Waals surface area (Å²) in [6, 6.07) is 0. The van der Waals surface area contributed by atoms with Crippen molar-refractivity contribution in [1.82, 2.24) is 5.32 Å². The van der Waals surface area contributed by atoms with Gasteiger partial charge in [-0.2, -0.15) is 10.2 Å². The van der Waals surface area contributed by atoms with Gasteiger partial charge in [0.05, 0.1) is 12.2 Å². The van der Waals surface area contributed by atoms with Gasteiger partial charge in [0.1, 0.15) is 6.61 Å². The van der Waals surface area contributed by atoms with Gasteiger partial charge < -0.3 is 10.1 Å². The molecule has 22 heavy (non-hydrogen) atoms. The first kappa shape index (κ1) is 18.1. The summed E-state index contributed by atoms with van der Waals surface area (Å²) in [4.78, 5) is 23.7. The first-order chi connectivity index (χ1) is 10.4. The number of nitrogens with zero attached hydrogens (tertiary/aromatic N) is 2. The summed E-state index contributed by atoms with van der Waals surface area (Å²) in [5, 5.41) is 11.1. The molecule has 1 aliphatic rings. The number of ether oxygens (including phenoxy) is 1. The molecule has 1 aliphatic heterocycles. The van der Waals surface area contributed by atoms with Gasteiger partial charge in [-0.15, -0.1) is 0 Å². The normalized spacial score (nSPS) is 19.7. The van der Waals surface area contributed by atoms with Crippen molar-refractivity contribution < 1.29 is 14.3 Å². The minimum atomic E-state index is -0.905. The van der Waals surface area contributed by atoms with E-state index in [9.17, 15) is 9.59 Å². The van der Waals surface area contributed by atoms with Crippen LogP contribution in [-0.2, 0) is 14.3 Å². The Morgan fingerprint density at radius 1 is 1.36 bits per heavy atom. The first-order valence-corrected chi connectivity index (χ1v) is 7.70. The highest BCUT2D eigenvalue weighted by Crippen LogP contribution is 2.30. The van der Waals surface area contributed by atoms with E-state index in [4.69, 9.17) is 4.74 Å². The number of carbonyl (C=O) groups is 2. The van der Waals surface area contributed by atoms with Crippen LogP contribution in [0.2, 0.25) is 0 Å². The fourth-order valence-corrected chi connectivity index (χ4v) is 2.18. The highest BCUT2D eigenvalue weighted by atomic mass is 16.5. The van der Waals surface area contributed by atoms with Crippen LogP contribution in [0.5, 0.6) is 0 Å². The average Bonchev–Trinajstić information content (AvgIpc) is 2.88. The third-order valence-corrected chi connectivity index (χ3v) is 3.26. The topological polar surface area (TPSA) is 80.1 Å². The van der Waals surface area contributed by atoms with Crippen molar-refractivity contribution in [3.63, 3.8) is 0 Å². The van der Waals surface area contributed by atoms with Gasteiger partial charge in [0.25, 0.3) is 5.91 Å². The lowest BCUT2D eigenvalue weighted by molar-refractivity contribution is -0.139. The Labute approximate surface area is 131 Å². The molecule has 1 heterocycles. The summed E-state index contributed by atoms with van der Waals surface area (Å²) >= 11 is 0. The fourth-order valence-electron chi connectivity index (χ4n) is 2.18. The van der Waals surface area contributed by atoms with Crippen molar-refractivity contribution in [2.45, 2.75) is 52.0 Å². The Morgan fingerprint density at radius 2 is 2.09 bits per heavy atom. The van der Waals surface area contributed by atoms with Crippen LogP contribution in [0.3, 0.4) is 0 Å². The van der Waals surface area contributed by atoms with Gasteiger partial charge in [-0.3, -0.25) is 4.79 Å². The standard InChI is InChI=1S/C16H25N3O3/c1-5-7-13-11-16(8-6-2,19-18-13)15(21)17-9-10-22-14(20)12(3)4/h11H,3,5-10H2,1-2,4H3,(H,17,21). The van der Waals surface area contributed by atoms with Gasteiger partial charge in [0, 0.05) is 5.57 Å². The van der Waals surface area contributed by atoms with E-state index in [1.807, 2.05) is 13.0 Å². The Hall–Kier alpha value is -1.98. The van der Waals surface area contributed by atoms with E-state index in [0.29, 0.717) is 12.0 Å². The Bertz CT molecular complexity index is 497. The molecule has 0 aromatic carbocycles. The summed E-state index contributed by atoms with van der Waals surface area (Å²) in [7, 11) is 0. The molecule has 0 saturated heterocycles. The van der Waals surface area contributed by atoms with E-state index >= 15 is 0 Å². The quantitative estimate of drug-likeness (QED) is 0.404. The molecule has 122 valence electrons. The molecule has 1 atom stereocenters. The molecule has 0 aromatic heterocycles. The number of rotatable bonds is 9. The van der Waals surface area contributed by atoms with Gasteiger partial charge in [0.15, 0.2) is 5.54 Å². The van der Waals surface area contributed by atoms with Gasteiger partial charge in [-0.1, -0.05) is 33.3 Å². The molecule has 1 amide bonds. The van der Waals surface area contributed by atoms with Crippen molar-refractivity contribution in [2.24, 2.45) is 10.2 Å². The van der Waals surface area contributed by atoms with Crippen LogP contribution in [-0.4, -0.2) is 30.6 Å². The molecule has 1 N–H and O–H groups in total. The highest BCUT2D eigenvalue weighted by molar-refractivity contribution is 5.89. The monoisotopic (exact) mass is 307 g/mol. The first-order valence-electron chi connectivity index (χ1n) is 7.70. The predicted molar refractivity (Wildman–Crippen MR) is 84.3 cm³/mol. The van der Waals surface area contributed by atoms with Gasteiger partial charge in [-0.25, -0.2) is 4.79 Å². The molecule has 0 spiro atoms. The van der Waals surface area contributed by atoms with Gasteiger partial charge in [0.2, 0.25) is 0 Å². The minimum absolute atomic E-state index is 0.113. The molecule has 0 aromatic rings. The molecule has 1 rings (SSSR count). The minimum Gasteiger partial charge on any atom is -0.460 e. The zero-order chi connectivity index (χ0) is 16.6. The number of carbonyl (C=O) groups excluding carboxylic acids is 2. The lowest BCUT2D eigenvalue weighted by atomic mass is 9.92. The number of hydrogen-bond acceptors (Lipinski definition) is 5. The zero-order valence-corrected chi connectivity index (χ0v) is 13.6. The molecular weight excluding hydrogens is 282 g/mol. The van der Waals surface area contributed by atoms with E-state index in [0.717, 1.165) is 25.0 Å². The van der Waals surface area contributed by atoms with E-state index in [1.165, 1.54) is 0 Å². The van der Waals surface area contributed by atoms with Crippen molar-refractivity contribution >= 4 is 11.9 Å². The van der Waals surface area contributed by atoms with E-state index < -0.39 is 11.5 Å². The number of hydrogen-bond donors (Lipinski definition) is 1. The van der Waals surface area contributed by atoms with E-state index in [2.05, 4.69) is 29.0 Å². The molecule has 1 unspecified atom stereocenters. The number of azo groups is 1. The van der Waals surface area contributed by atoms with Crippen molar-refractivity contribution in [2.75, 3.05) is 13.2 Å². The second-order valence-electron chi connectivity index (χ2n) is 5.43. The zero-order valence-electron chi connectivity index (χ0n) is 13.6. The molecule has 0 saturated carbocycles. The maximum absolute atomic E-state index is 12.4. The molecule has 0 bridgehead atoms. The summed E-state index contributed by atoms with van der Waals surface area (Å²) in [5.41, 5.74) is 0.294. The maximum atomic E-state index is 12.4. The van der Waals surface area contributed by atoms with E-state index in [1.54, 1.807) is 6.92 Å². The second kappa shape index (κ2) is 8.46. The third kappa shape index (κ3) is 4.79. The molecule has 0 fully saturated rings. The average molecular weight is 307 g/mol. The van der Waals surface area contributed by atoms with Crippen LogP contribution in [0.4, 0.5) is 0 Å². The SMILES string of the molecule is C=C(C)C(=O)OCCNC(=O)C1(CCC)C=C(CCC)N=N1. The van der Waals surface area contributed by atoms with Crippen LogP contribution in [0.15, 0.2) is 34.2 Å². The second-order valence-corrected chi connectivity index (χ2v) is 5.43. The van der Waals surface area contributed by atoms with Crippen LogP contribution in [0, 0.1) is 0 Å². The number of amides is 1. The van der Waals surface area contributed by atoms with Crippen molar-refractivity contribution in [1.29, 1.82) is 0 Å². The molecular formula is C16H25N3O3. The number of allylic oxidation sites excluding steroid dienone is 1. The molecule has 0 radical (unpaired) electrons. The van der Waals surface area contributed by atoms with Gasteiger partial charge in [-0.05, 0) is 25.8 Å². The van der Waals surface area contributed by atoms with Crippen LogP contribution >= 0.6 is 0 Å². The Kier molecular flexibility index (Phi) is 6.95. The third-order valence-electron chi connectivity index (χ3n) is 3.26. The van der Waals surface area contributed by atoms with Crippen molar-refractivity contribution in [3.8, 4) is 0 Å². The summed E-state index contributed by atoms with van der Waals surface area (Å²) in [6.07, 6.45) is 5.08. The fraction of sp³-hybridized carbons (Fsp3) is 0.625. The van der Waals surface area contributed by atoms with Gasteiger partial charge >= 0.3 is 5.97 Å². The number of esters is 1. The van der Waals surface area contributed by atoms with Crippen LogP contribution in [0.1, 0.15) is 46.5 Å². The summed E-state index contributed by atoms with van der Waals surface area (Å²) < 4.78 is 4.95. The predicted octanol–water partition coefficient (Wildman–Crippen LogP) is 2.91. The smallest absolute Gasteiger partial charge is 0.333 e. The maximum Gasteiger partial charge on any atom is 0.333 e.